The number of aliphatic hydroxyl groups is 1. The number of nitrogens with one attached hydrogen (secondary N) is 1. The molecule has 1 saturated heterocycles. The molecule has 3 heterocycles. The van der Waals surface area contributed by atoms with Gasteiger partial charge in [-0.2, -0.15) is 5.10 Å². The highest BCUT2D eigenvalue weighted by Gasteiger charge is 2.32. The molecule has 7 heteroatoms. The van der Waals surface area contributed by atoms with Gasteiger partial charge in [0.1, 0.15) is 0 Å². The Kier molecular flexibility index (Phi) is 5.11. The van der Waals surface area contributed by atoms with Gasteiger partial charge in [-0.3, -0.25) is 19.4 Å². The molecule has 28 heavy (non-hydrogen) atoms. The van der Waals surface area contributed by atoms with E-state index >= 15 is 0 Å². The Bertz CT molecular complexity index is 994. The predicted octanol–water partition coefficient (Wildman–Crippen LogP) is 1.75. The van der Waals surface area contributed by atoms with Crippen molar-refractivity contribution in [3.05, 3.63) is 54.0 Å². The molecule has 146 valence electrons. The third kappa shape index (κ3) is 3.76. The summed E-state index contributed by atoms with van der Waals surface area (Å²) in [5, 5.41) is 18.7. The van der Waals surface area contributed by atoms with Crippen LogP contribution in [0.15, 0.2) is 42.7 Å². The standard InChI is InChI=1S/C21H25N5O2/c1-14-19(10-23-25(14)2)24-21(28)13-26-11-16(20(27)12-26)9-15-7-8-22-18-6-4-3-5-17(15)18/h3-8,10,16,20,27H,9,11-13H2,1-2H3,(H,24,28)/t16-,20+/m1/s1. The highest BCUT2D eigenvalue weighted by molar-refractivity contribution is 5.92. The number of rotatable bonds is 5. The van der Waals surface area contributed by atoms with Crippen molar-refractivity contribution >= 4 is 22.5 Å². The van der Waals surface area contributed by atoms with Crippen molar-refractivity contribution < 1.29 is 9.90 Å². The van der Waals surface area contributed by atoms with E-state index < -0.39 is 6.10 Å². The fourth-order valence-electron chi connectivity index (χ4n) is 3.90. The van der Waals surface area contributed by atoms with Crippen LogP contribution in [-0.2, 0) is 18.3 Å². The second-order valence-corrected chi connectivity index (χ2v) is 7.53. The van der Waals surface area contributed by atoms with Crippen molar-refractivity contribution in [3.63, 3.8) is 0 Å². The maximum absolute atomic E-state index is 12.4. The highest BCUT2D eigenvalue weighted by atomic mass is 16.3. The average molecular weight is 379 g/mol. The van der Waals surface area contributed by atoms with Gasteiger partial charge in [0.25, 0.3) is 0 Å². The Morgan fingerprint density at radius 1 is 1.29 bits per heavy atom. The number of aryl methyl sites for hydroxylation is 1. The minimum Gasteiger partial charge on any atom is -0.391 e. The minimum absolute atomic E-state index is 0.0849. The first-order chi connectivity index (χ1) is 13.5. The number of carbonyl (C=O) groups excluding carboxylic acids is 1. The number of nitrogens with zero attached hydrogens (tertiary/aromatic N) is 4. The number of aliphatic hydroxyl groups excluding tert-OH is 1. The first-order valence-corrected chi connectivity index (χ1v) is 9.53. The summed E-state index contributed by atoms with van der Waals surface area (Å²) in [5.41, 5.74) is 3.80. The van der Waals surface area contributed by atoms with E-state index in [2.05, 4.69) is 21.5 Å². The molecule has 4 rings (SSSR count). The number of likely N-dealkylation sites (tertiary alicyclic amines) is 1. The Morgan fingerprint density at radius 3 is 2.89 bits per heavy atom. The highest BCUT2D eigenvalue weighted by Crippen LogP contribution is 2.25. The summed E-state index contributed by atoms with van der Waals surface area (Å²) in [6, 6.07) is 10.1. The Morgan fingerprint density at radius 2 is 2.11 bits per heavy atom. The van der Waals surface area contributed by atoms with Crippen molar-refractivity contribution in [1.29, 1.82) is 0 Å². The lowest BCUT2D eigenvalue weighted by Gasteiger charge is -2.16. The first kappa shape index (κ1) is 18.6. The zero-order chi connectivity index (χ0) is 19.7. The van der Waals surface area contributed by atoms with Crippen molar-refractivity contribution in [2.24, 2.45) is 13.0 Å². The molecule has 0 spiro atoms. The van der Waals surface area contributed by atoms with Crippen LogP contribution in [0.3, 0.4) is 0 Å². The van der Waals surface area contributed by atoms with E-state index in [1.165, 1.54) is 5.56 Å². The van der Waals surface area contributed by atoms with Gasteiger partial charge in [0, 0.05) is 37.6 Å². The molecular weight excluding hydrogens is 354 g/mol. The van der Waals surface area contributed by atoms with Crippen LogP contribution in [0.25, 0.3) is 10.9 Å². The van der Waals surface area contributed by atoms with E-state index in [0.717, 1.165) is 28.7 Å². The van der Waals surface area contributed by atoms with Crippen LogP contribution >= 0.6 is 0 Å². The number of pyridine rings is 1. The molecule has 3 aromatic rings. The summed E-state index contributed by atoms with van der Waals surface area (Å²) >= 11 is 0. The van der Waals surface area contributed by atoms with Crippen molar-refractivity contribution in [1.82, 2.24) is 19.7 Å². The van der Waals surface area contributed by atoms with Crippen LogP contribution in [0.5, 0.6) is 0 Å². The predicted molar refractivity (Wildman–Crippen MR) is 108 cm³/mol. The third-order valence-corrected chi connectivity index (χ3v) is 5.58. The lowest BCUT2D eigenvalue weighted by atomic mass is 9.94. The number of β-amino-alcohol motifs (C(OH)–C–C–N with tert-alkyl or cyclic N) is 1. The molecule has 0 bridgehead atoms. The third-order valence-electron chi connectivity index (χ3n) is 5.58. The van der Waals surface area contributed by atoms with Gasteiger partial charge < -0.3 is 10.4 Å². The molecule has 1 aromatic carbocycles. The number of hydrogen-bond acceptors (Lipinski definition) is 5. The molecule has 0 saturated carbocycles. The molecule has 0 radical (unpaired) electrons. The van der Waals surface area contributed by atoms with Crippen LogP contribution in [-0.4, -0.2) is 56.4 Å². The van der Waals surface area contributed by atoms with E-state index in [1.54, 1.807) is 10.9 Å². The van der Waals surface area contributed by atoms with E-state index in [0.29, 0.717) is 13.1 Å². The quantitative estimate of drug-likeness (QED) is 0.706. The first-order valence-electron chi connectivity index (χ1n) is 9.53. The van der Waals surface area contributed by atoms with Gasteiger partial charge in [0.15, 0.2) is 0 Å². The number of amides is 1. The molecule has 0 unspecified atom stereocenters. The SMILES string of the molecule is Cc1c(NC(=O)CN2C[C@@H](Cc3ccnc4ccccc34)[C@@H](O)C2)cnn1C. The van der Waals surface area contributed by atoms with Crippen molar-refractivity contribution in [2.75, 3.05) is 25.0 Å². The summed E-state index contributed by atoms with van der Waals surface area (Å²) in [4.78, 5) is 18.8. The summed E-state index contributed by atoms with van der Waals surface area (Å²) in [7, 11) is 1.84. The molecular formula is C21H25N5O2. The molecule has 1 fully saturated rings. The summed E-state index contributed by atoms with van der Waals surface area (Å²) in [5.74, 6) is 0.0112. The molecule has 1 aliphatic heterocycles. The molecule has 0 aliphatic carbocycles. The van der Waals surface area contributed by atoms with E-state index in [1.807, 2.05) is 49.3 Å². The van der Waals surface area contributed by atoms with E-state index in [4.69, 9.17) is 0 Å². The molecule has 2 aromatic heterocycles. The zero-order valence-electron chi connectivity index (χ0n) is 16.2. The second-order valence-electron chi connectivity index (χ2n) is 7.53. The van der Waals surface area contributed by atoms with Crippen LogP contribution in [0.1, 0.15) is 11.3 Å². The lowest BCUT2D eigenvalue weighted by Crippen LogP contribution is -2.32. The normalized spacial score (nSPS) is 20.0. The smallest absolute Gasteiger partial charge is 0.238 e. The zero-order valence-corrected chi connectivity index (χ0v) is 16.2. The van der Waals surface area contributed by atoms with Crippen molar-refractivity contribution in [2.45, 2.75) is 19.4 Å². The van der Waals surface area contributed by atoms with Crippen LogP contribution in [0.2, 0.25) is 0 Å². The van der Waals surface area contributed by atoms with Gasteiger partial charge in [-0.1, -0.05) is 18.2 Å². The number of aromatic nitrogens is 3. The minimum atomic E-state index is -0.445. The number of benzene rings is 1. The molecule has 1 amide bonds. The number of fused-ring (bicyclic) bond motifs is 1. The molecule has 7 nitrogen and oxygen atoms in total. The van der Waals surface area contributed by atoms with Gasteiger partial charge in [-0.15, -0.1) is 0 Å². The number of para-hydroxylation sites is 1. The largest absolute Gasteiger partial charge is 0.391 e. The fourth-order valence-corrected chi connectivity index (χ4v) is 3.90. The molecule has 1 aliphatic rings. The summed E-state index contributed by atoms with van der Waals surface area (Å²) in [6.07, 6.45) is 3.80. The fraction of sp³-hybridized carbons (Fsp3) is 0.381. The van der Waals surface area contributed by atoms with E-state index in [9.17, 15) is 9.90 Å². The lowest BCUT2D eigenvalue weighted by molar-refractivity contribution is -0.117. The maximum Gasteiger partial charge on any atom is 0.238 e. The van der Waals surface area contributed by atoms with Crippen LogP contribution in [0.4, 0.5) is 5.69 Å². The Balaban J connectivity index is 1.39. The van der Waals surface area contributed by atoms with E-state index in [-0.39, 0.29) is 18.4 Å². The van der Waals surface area contributed by atoms with Gasteiger partial charge in [-0.25, -0.2) is 0 Å². The van der Waals surface area contributed by atoms with Gasteiger partial charge in [0.2, 0.25) is 5.91 Å². The van der Waals surface area contributed by atoms with Gasteiger partial charge >= 0.3 is 0 Å². The van der Waals surface area contributed by atoms with Crippen molar-refractivity contribution in [3.8, 4) is 0 Å². The topological polar surface area (TPSA) is 83.3 Å². The maximum atomic E-state index is 12.4. The number of carbonyl (C=O) groups is 1. The summed E-state index contributed by atoms with van der Waals surface area (Å²) in [6.45, 7) is 3.38. The number of anilines is 1. The van der Waals surface area contributed by atoms with Gasteiger partial charge in [-0.05, 0) is 31.0 Å². The van der Waals surface area contributed by atoms with Gasteiger partial charge in [0.05, 0.1) is 35.7 Å². The Hall–Kier alpha value is -2.77. The van der Waals surface area contributed by atoms with Crippen LogP contribution in [0, 0.1) is 12.8 Å². The average Bonchev–Trinajstić information content (AvgIpc) is 3.18. The monoisotopic (exact) mass is 379 g/mol. The number of hydrogen-bond donors (Lipinski definition) is 2. The second kappa shape index (κ2) is 7.69. The Labute approximate surface area is 164 Å². The summed E-state index contributed by atoms with van der Waals surface area (Å²) < 4.78 is 1.73. The van der Waals surface area contributed by atoms with Crippen LogP contribution < -0.4 is 5.32 Å². The molecule has 2 N–H and O–H groups in total. The molecule has 2 atom stereocenters.